The summed E-state index contributed by atoms with van der Waals surface area (Å²) >= 11 is 0. The number of imidazole rings is 1. The van der Waals surface area contributed by atoms with Crippen LogP contribution in [0.25, 0.3) is 11.0 Å². The van der Waals surface area contributed by atoms with Gasteiger partial charge in [0.2, 0.25) is 5.91 Å². The molecule has 1 aromatic carbocycles. The minimum atomic E-state index is -0.241. The summed E-state index contributed by atoms with van der Waals surface area (Å²) in [6.45, 7) is 0. The third-order valence-electron chi connectivity index (χ3n) is 2.29. The van der Waals surface area contributed by atoms with E-state index in [1.807, 2.05) is 6.07 Å². The monoisotopic (exact) mass is 234 g/mol. The highest BCUT2D eigenvalue weighted by Gasteiger charge is 2.05. The van der Waals surface area contributed by atoms with Crippen molar-refractivity contribution >= 4 is 16.9 Å². The number of benzene rings is 1. The highest BCUT2D eigenvalue weighted by Crippen LogP contribution is 2.10. The minimum absolute atomic E-state index is 0.0905. The molecule has 0 bridgehead atoms. The fraction of sp³-hybridized carbons (Fsp3) is 0.273. The topological polar surface area (TPSA) is 81.0 Å². The van der Waals surface area contributed by atoms with Crippen molar-refractivity contribution in [1.29, 1.82) is 0 Å². The Kier molecular flexibility index (Phi) is 2.97. The Balaban J connectivity index is 2.19. The number of hydrogen-bond donors (Lipinski definition) is 3. The Morgan fingerprint density at radius 1 is 1.29 bits per heavy atom. The normalized spacial score (nSPS) is 11.0. The maximum absolute atomic E-state index is 11.5. The first-order valence-corrected chi connectivity index (χ1v) is 5.22. The Labute approximate surface area is 97.6 Å². The standard InChI is InChI=1S/C11H14N4O2/c1-15(2)14-10(16)6-7-3-4-8-9(5-7)13-11(17)12-8/h3-5H,6H2,1-2H3,(H,14,16)(H2,12,13,17). The second-order valence-corrected chi connectivity index (χ2v) is 4.07. The van der Waals surface area contributed by atoms with E-state index in [-0.39, 0.29) is 18.0 Å². The molecule has 1 aromatic heterocycles. The summed E-state index contributed by atoms with van der Waals surface area (Å²) in [6, 6.07) is 5.40. The molecule has 1 heterocycles. The zero-order chi connectivity index (χ0) is 12.4. The molecule has 0 saturated heterocycles. The lowest BCUT2D eigenvalue weighted by Crippen LogP contribution is -2.37. The van der Waals surface area contributed by atoms with E-state index in [0.29, 0.717) is 5.52 Å². The quantitative estimate of drug-likeness (QED) is 0.653. The molecule has 6 nitrogen and oxygen atoms in total. The number of H-pyrrole nitrogens is 2. The summed E-state index contributed by atoms with van der Waals surface area (Å²) in [5.74, 6) is -0.0905. The van der Waals surface area contributed by atoms with E-state index in [0.717, 1.165) is 11.1 Å². The molecule has 0 radical (unpaired) electrons. The van der Waals surface area contributed by atoms with Crippen molar-refractivity contribution in [3.05, 3.63) is 34.2 Å². The van der Waals surface area contributed by atoms with Gasteiger partial charge in [0.25, 0.3) is 0 Å². The van der Waals surface area contributed by atoms with Gasteiger partial charge in [-0.1, -0.05) is 6.07 Å². The summed E-state index contributed by atoms with van der Waals surface area (Å²) in [4.78, 5) is 27.9. The zero-order valence-electron chi connectivity index (χ0n) is 9.70. The van der Waals surface area contributed by atoms with E-state index in [1.165, 1.54) is 0 Å². The van der Waals surface area contributed by atoms with E-state index < -0.39 is 0 Å². The van der Waals surface area contributed by atoms with Crippen molar-refractivity contribution in [3.8, 4) is 0 Å². The fourth-order valence-corrected chi connectivity index (χ4v) is 1.66. The van der Waals surface area contributed by atoms with Crippen LogP contribution in [0.3, 0.4) is 0 Å². The van der Waals surface area contributed by atoms with Crippen LogP contribution in [-0.2, 0) is 11.2 Å². The SMILES string of the molecule is CN(C)NC(=O)Cc1ccc2[nH]c(=O)[nH]c2c1. The second-order valence-electron chi connectivity index (χ2n) is 4.07. The molecule has 0 saturated carbocycles. The molecular weight excluding hydrogens is 220 g/mol. The lowest BCUT2D eigenvalue weighted by molar-refractivity contribution is -0.124. The number of amides is 1. The first-order chi connectivity index (χ1) is 8.04. The molecule has 2 aromatic rings. The molecule has 0 unspecified atom stereocenters. The van der Waals surface area contributed by atoms with E-state index >= 15 is 0 Å². The van der Waals surface area contributed by atoms with Crippen LogP contribution in [-0.4, -0.2) is 35.0 Å². The molecule has 0 fully saturated rings. The highest BCUT2D eigenvalue weighted by atomic mass is 16.2. The number of nitrogens with one attached hydrogen (secondary N) is 3. The van der Waals surface area contributed by atoms with Gasteiger partial charge in [-0.2, -0.15) is 0 Å². The summed E-state index contributed by atoms with van der Waals surface area (Å²) < 4.78 is 0. The van der Waals surface area contributed by atoms with Crippen LogP contribution in [0.5, 0.6) is 0 Å². The maximum atomic E-state index is 11.5. The number of carbonyl (C=O) groups is 1. The van der Waals surface area contributed by atoms with Crippen LogP contribution in [0.15, 0.2) is 23.0 Å². The van der Waals surface area contributed by atoms with Gasteiger partial charge in [0, 0.05) is 14.1 Å². The van der Waals surface area contributed by atoms with Gasteiger partial charge in [-0.15, -0.1) is 0 Å². The Bertz CT molecular complexity index is 597. The number of fused-ring (bicyclic) bond motifs is 1. The van der Waals surface area contributed by atoms with Gasteiger partial charge >= 0.3 is 5.69 Å². The smallest absolute Gasteiger partial charge is 0.306 e. The van der Waals surface area contributed by atoms with Crippen molar-refractivity contribution in [2.45, 2.75) is 6.42 Å². The van der Waals surface area contributed by atoms with Crippen molar-refractivity contribution < 1.29 is 4.79 Å². The first-order valence-electron chi connectivity index (χ1n) is 5.22. The summed E-state index contributed by atoms with van der Waals surface area (Å²) in [5, 5.41) is 1.60. The van der Waals surface area contributed by atoms with Gasteiger partial charge in [-0.3, -0.25) is 10.2 Å². The molecule has 1 amide bonds. The average Bonchev–Trinajstić information content (AvgIpc) is 2.55. The van der Waals surface area contributed by atoms with Gasteiger partial charge in [0.05, 0.1) is 17.5 Å². The zero-order valence-corrected chi connectivity index (χ0v) is 9.70. The average molecular weight is 234 g/mol. The molecule has 0 aliphatic carbocycles. The number of rotatable bonds is 3. The first kappa shape index (κ1) is 11.4. The van der Waals surface area contributed by atoms with Crippen molar-refractivity contribution in [3.63, 3.8) is 0 Å². The predicted octanol–water partition coefficient (Wildman–Crippen LogP) is -0.00850. The van der Waals surface area contributed by atoms with Gasteiger partial charge in [-0.05, 0) is 17.7 Å². The molecule has 0 aliphatic heterocycles. The largest absolute Gasteiger partial charge is 0.323 e. The van der Waals surface area contributed by atoms with Crippen LogP contribution in [0.4, 0.5) is 0 Å². The molecule has 0 atom stereocenters. The molecule has 90 valence electrons. The van der Waals surface area contributed by atoms with E-state index in [9.17, 15) is 9.59 Å². The number of aromatic amines is 2. The fourth-order valence-electron chi connectivity index (χ4n) is 1.66. The van der Waals surface area contributed by atoms with Crippen molar-refractivity contribution in [1.82, 2.24) is 20.4 Å². The summed E-state index contributed by atoms with van der Waals surface area (Å²) in [6.07, 6.45) is 0.279. The highest BCUT2D eigenvalue weighted by molar-refractivity contribution is 5.81. The van der Waals surface area contributed by atoms with Gasteiger partial charge < -0.3 is 9.97 Å². The molecular formula is C11H14N4O2. The third-order valence-corrected chi connectivity index (χ3v) is 2.29. The molecule has 6 heteroatoms. The number of hydrogen-bond acceptors (Lipinski definition) is 3. The number of aromatic nitrogens is 2. The lowest BCUT2D eigenvalue weighted by Gasteiger charge is -2.11. The Hall–Kier alpha value is -2.08. The molecule has 17 heavy (non-hydrogen) atoms. The third kappa shape index (κ3) is 2.73. The van der Waals surface area contributed by atoms with Crippen LogP contribution in [0, 0.1) is 0 Å². The van der Waals surface area contributed by atoms with Crippen molar-refractivity contribution in [2.24, 2.45) is 0 Å². The van der Waals surface area contributed by atoms with E-state index in [1.54, 1.807) is 31.2 Å². The number of hydrazine groups is 1. The molecule has 0 aliphatic rings. The number of carbonyl (C=O) groups excluding carboxylic acids is 1. The van der Waals surface area contributed by atoms with Gasteiger partial charge in [-0.25, -0.2) is 9.80 Å². The van der Waals surface area contributed by atoms with Gasteiger partial charge in [0.1, 0.15) is 0 Å². The minimum Gasteiger partial charge on any atom is -0.306 e. The van der Waals surface area contributed by atoms with Crippen LogP contribution in [0.2, 0.25) is 0 Å². The van der Waals surface area contributed by atoms with Crippen LogP contribution >= 0.6 is 0 Å². The van der Waals surface area contributed by atoms with E-state index in [2.05, 4.69) is 15.4 Å². The molecule has 0 spiro atoms. The molecule has 2 rings (SSSR count). The Morgan fingerprint density at radius 3 is 2.71 bits per heavy atom. The summed E-state index contributed by atoms with van der Waals surface area (Å²) in [7, 11) is 3.51. The maximum Gasteiger partial charge on any atom is 0.323 e. The predicted molar refractivity (Wildman–Crippen MR) is 64.5 cm³/mol. The molecule has 3 N–H and O–H groups in total. The van der Waals surface area contributed by atoms with E-state index in [4.69, 9.17) is 0 Å². The van der Waals surface area contributed by atoms with Crippen LogP contribution in [0.1, 0.15) is 5.56 Å². The number of nitrogens with zero attached hydrogens (tertiary/aromatic N) is 1. The van der Waals surface area contributed by atoms with Crippen molar-refractivity contribution in [2.75, 3.05) is 14.1 Å². The Morgan fingerprint density at radius 2 is 2.00 bits per heavy atom. The van der Waals surface area contributed by atoms with Gasteiger partial charge in [0.15, 0.2) is 0 Å². The lowest BCUT2D eigenvalue weighted by atomic mass is 10.1. The summed E-state index contributed by atoms with van der Waals surface area (Å²) in [5.41, 5.74) is 4.73. The second kappa shape index (κ2) is 4.42. The van der Waals surface area contributed by atoms with Crippen LogP contribution < -0.4 is 11.1 Å².